The van der Waals surface area contributed by atoms with Crippen molar-refractivity contribution in [2.45, 2.75) is 96.7 Å². The van der Waals surface area contributed by atoms with E-state index < -0.39 is 59.6 Å². The Balaban J connectivity index is 1.46. The Bertz CT molecular complexity index is 1890. The molecule has 0 saturated heterocycles. The zero-order valence-electron chi connectivity index (χ0n) is 32.3. The Hall–Kier alpha value is -5.26. The minimum atomic E-state index is -1.07. The van der Waals surface area contributed by atoms with Crippen LogP contribution >= 0.6 is 0 Å². The molecule has 2 aromatic carbocycles. The molecule has 12 nitrogen and oxygen atoms in total. The van der Waals surface area contributed by atoms with E-state index in [1.807, 2.05) is 49.4 Å². The average Bonchev–Trinajstić information content (AvgIpc) is 3.62. The van der Waals surface area contributed by atoms with Gasteiger partial charge in [0.05, 0.1) is 37.3 Å². The van der Waals surface area contributed by atoms with Crippen LogP contribution in [0.1, 0.15) is 78.6 Å². The summed E-state index contributed by atoms with van der Waals surface area (Å²) in [6.07, 6.45) is 6.09. The van der Waals surface area contributed by atoms with Gasteiger partial charge in [-0.2, -0.15) is 0 Å². The second-order valence-electron chi connectivity index (χ2n) is 14.9. The van der Waals surface area contributed by atoms with Crippen LogP contribution in [0.25, 0.3) is 22.2 Å². The Morgan fingerprint density at radius 3 is 2.31 bits per heavy atom. The van der Waals surface area contributed by atoms with Crippen molar-refractivity contribution < 1.29 is 43.3 Å². The number of ether oxygens (including phenoxy) is 3. The molecular formula is C43H53N3O9. The van der Waals surface area contributed by atoms with E-state index in [9.17, 15) is 29.1 Å². The highest BCUT2D eigenvalue weighted by molar-refractivity contribution is 6.04. The van der Waals surface area contributed by atoms with E-state index in [2.05, 4.69) is 10.6 Å². The lowest BCUT2D eigenvalue weighted by Crippen LogP contribution is -2.56. The number of methoxy groups -OCH3 is 2. The number of Topliss-reactive ketones (excluding diaryl/α,β-unsaturated/α-hetero) is 1. The van der Waals surface area contributed by atoms with Gasteiger partial charge in [0.2, 0.25) is 11.8 Å². The van der Waals surface area contributed by atoms with Gasteiger partial charge < -0.3 is 30.0 Å². The zero-order valence-corrected chi connectivity index (χ0v) is 32.3. The molecule has 3 N–H and O–H groups in total. The molecule has 5 atom stereocenters. The smallest absolute Gasteiger partial charge is 0.328 e. The third-order valence-corrected chi connectivity index (χ3v) is 10.7. The average molecular weight is 756 g/mol. The summed E-state index contributed by atoms with van der Waals surface area (Å²) < 4.78 is 17.1. The van der Waals surface area contributed by atoms with Crippen LogP contribution < -0.4 is 20.1 Å². The van der Waals surface area contributed by atoms with E-state index in [4.69, 9.17) is 19.2 Å². The molecule has 294 valence electrons. The largest absolute Gasteiger partial charge is 0.497 e. The molecule has 5 rings (SSSR count). The van der Waals surface area contributed by atoms with E-state index in [-0.39, 0.29) is 30.3 Å². The monoisotopic (exact) mass is 755 g/mol. The number of hydrogen-bond acceptors (Lipinski definition) is 9. The summed E-state index contributed by atoms with van der Waals surface area (Å²) >= 11 is 0. The van der Waals surface area contributed by atoms with Gasteiger partial charge in [-0.05, 0) is 49.3 Å². The molecule has 1 fully saturated rings. The quantitative estimate of drug-likeness (QED) is 0.130. The van der Waals surface area contributed by atoms with Crippen LogP contribution in [0.2, 0.25) is 0 Å². The molecule has 0 unspecified atom stereocenters. The van der Waals surface area contributed by atoms with Crippen LogP contribution in [0.4, 0.5) is 0 Å². The molecular weight excluding hydrogens is 702 g/mol. The SMILES string of the molecule is CCC[C@H](CC(=O)[C@@H]1C[C@@H](Oc2cc(-c3ccccc3)nc3cc(OC)ccc23)C=C1C(=O)N[C@H](C(=O)N[C@H](C(=O)OC)C1CCCCC1)C(C)C)C(=O)O. The molecule has 55 heavy (non-hydrogen) atoms. The van der Waals surface area contributed by atoms with Gasteiger partial charge in [0.1, 0.15) is 35.5 Å². The molecule has 0 aliphatic heterocycles. The summed E-state index contributed by atoms with van der Waals surface area (Å²) in [6, 6.07) is 15.0. The molecule has 2 amide bonds. The van der Waals surface area contributed by atoms with Gasteiger partial charge in [-0.1, -0.05) is 76.8 Å². The fraction of sp³-hybridized carbons (Fsp3) is 0.488. The number of esters is 1. The van der Waals surface area contributed by atoms with Gasteiger partial charge in [-0.3, -0.25) is 19.2 Å². The van der Waals surface area contributed by atoms with Crippen LogP contribution in [-0.2, 0) is 28.7 Å². The number of amides is 2. The summed E-state index contributed by atoms with van der Waals surface area (Å²) in [4.78, 5) is 71.8. The summed E-state index contributed by atoms with van der Waals surface area (Å²) in [5.41, 5.74) is 2.24. The standard InChI is InChI=1S/C43H53N3O9/c1-6-13-28(42(50)51)20-36(47)32-21-30(55-37-24-34(26-14-9-7-10-15-26)44-35-23-29(53-4)18-19-31(35)37)22-33(32)40(48)45-38(25(2)3)41(49)46-39(43(52)54-5)27-16-11-8-12-17-27/h7,9-10,14-15,18-19,22-25,27-28,30,32,38-39H,6,8,11-13,16-17,20-21H2,1-5H3,(H,45,48)(H,46,49)(H,50,51)/t28-,30-,32-,38+,39+/m1/s1. The second kappa shape index (κ2) is 18.9. The molecule has 0 radical (unpaired) electrons. The van der Waals surface area contributed by atoms with Crippen molar-refractivity contribution in [3.8, 4) is 22.8 Å². The lowest BCUT2D eigenvalue weighted by atomic mass is 9.83. The van der Waals surface area contributed by atoms with E-state index in [1.165, 1.54) is 7.11 Å². The van der Waals surface area contributed by atoms with Gasteiger partial charge in [0.25, 0.3) is 0 Å². The Kier molecular flexibility index (Phi) is 14.0. The molecule has 0 spiro atoms. The van der Waals surface area contributed by atoms with Crippen LogP contribution in [0.15, 0.2) is 66.2 Å². The number of nitrogens with one attached hydrogen (secondary N) is 2. The molecule has 1 aromatic heterocycles. The fourth-order valence-corrected chi connectivity index (χ4v) is 7.70. The number of benzene rings is 2. The normalized spacial score (nSPS) is 18.8. The number of fused-ring (bicyclic) bond motifs is 1. The van der Waals surface area contributed by atoms with Crippen molar-refractivity contribution in [2.75, 3.05) is 14.2 Å². The number of carbonyl (C=O) groups excluding carboxylic acids is 4. The van der Waals surface area contributed by atoms with Crippen LogP contribution in [0.5, 0.6) is 11.5 Å². The van der Waals surface area contributed by atoms with Crippen molar-refractivity contribution >= 4 is 40.4 Å². The van der Waals surface area contributed by atoms with Crippen LogP contribution in [0.3, 0.4) is 0 Å². The maximum absolute atomic E-state index is 14.2. The van der Waals surface area contributed by atoms with Gasteiger partial charge in [-0.15, -0.1) is 0 Å². The summed E-state index contributed by atoms with van der Waals surface area (Å²) in [6.45, 7) is 5.42. The first-order valence-corrected chi connectivity index (χ1v) is 19.3. The molecule has 3 aromatic rings. The van der Waals surface area contributed by atoms with Gasteiger partial charge in [-0.25, -0.2) is 9.78 Å². The number of nitrogens with zero attached hydrogens (tertiary/aromatic N) is 1. The second-order valence-corrected chi connectivity index (χ2v) is 14.9. The summed E-state index contributed by atoms with van der Waals surface area (Å²) in [5.74, 6) is -4.41. The minimum Gasteiger partial charge on any atom is -0.497 e. The van der Waals surface area contributed by atoms with E-state index in [0.717, 1.165) is 37.7 Å². The molecule has 0 bridgehead atoms. The number of pyridine rings is 1. The number of rotatable bonds is 17. The first kappa shape index (κ1) is 40.9. The Morgan fingerprint density at radius 1 is 0.945 bits per heavy atom. The predicted octanol–water partition coefficient (Wildman–Crippen LogP) is 6.44. The lowest BCUT2D eigenvalue weighted by molar-refractivity contribution is -0.147. The maximum atomic E-state index is 14.2. The predicted molar refractivity (Wildman–Crippen MR) is 207 cm³/mol. The number of ketones is 1. The highest BCUT2D eigenvalue weighted by Gasteiger charge is 2.40. The van der Waals surface area contributed by atoms with Crippen molar-refractivity contribution in [1.29, 1.82) is 0 Å². The number of aromatic nitrogens is 1. The molecule has 12 heteroatoms. The maximum Gasteiger partial charge on any atom is 0.328 e. The number of hydrogen-bond donors (Lipinski definition) is 3. The summed E-state index contributed by atoms with van der Waals surface area (Å²) in [7, 11) is 2.86. The van der Waals surface area contributed by atoms with Crippen molar-refractivity contribution in [1.82, 2.24) is 15.6 Å². The number of carbonyl (C=O) groups is 5. The Morgan fingerprint density at radius 2 is 1.67 bits per heavy atom. The summed E-state index contributed by atoms with van der Waals surface area (Å²) in [5, 5.41) is 16.3. The molecule has 1 saturated carbocycles. The number of aliphatic carboxylic acids is 1. The first-order valence-electron chi connectivity index (χ1n) is 19.3. The molecule has 2 aliphatic carbocycles. The molecule has 2 aliphatic rings. The number of carboxylic acids is 1. The van der Waals surface area contributed by atoms with E-state index in [0.29, 0.717) is 40.9 Å². The Labute approximate surface area is 322 Å². The lowest BCUT2D eigenvalue weighted by Gasteiger charge is -2.31. The minimum absolute atomic E-state index is 0.0795. The highest BCUT2D eigenvalue weighted by Crippen LogP contribution is 2.37. The first-order chi connectivity index (χ1) is 26.4. The van der Waals surface area contributed by atoms with Crippen molar-refractivity contribution in [3.05, 3.63) is 66.2 Å². The van der Waals surface area contributed by atoms with Crippen molar-refractivity contribution in [3.63, 3.8) is 0 Å². The third-order valence-electron chi connectivity index (χ3n) is 10.7. The van der Waals surface area contributed by atoms with Gasteiger partial charge in [0.15, 0.2) is 0 Å². The fourth-order valence-electron chi connectivity index (χ4n) is 7.70. The topological polar surface area (TPSA) is 170 Å². The van der Waals surface area contributed by atoms with Gasteiger partial charge >= 0.3 is 11.9 Å². The number of carboxylic acid groups (broad SMARTS) is 1. The highest BCUT2D eigenvalue weighted by atomic mass is 16.5. The van der Waals surface area contributed by atoms with E-state index >= 15 is 0 Å². The molecule has 1 heterocycles. The van der Waals surface area contributed by atoms with E-state index in [1.54, 1.807) is 39.2 Å². The van der Waals surface area contributed by atoms with Crippen molar-refractivity contribution in [2.24, 2.45) is 23.7 Å². The third kappa shape index (κ3) is 10.1. The zero-order chi connectivity index (χ0) is 39.6. The van der Waals surface area contributed by atoms with Crippen LogP contribution in [0, 0.1) is 23.7 Å². The van der Waals surface area contributed by atoms with Crippen LogP contribution in [-0.4, -0.2) is 72.0 Å². The van der Waals surface area contributed by atoms with Gasteiger partial charge in [0, 0.05) is 41.5 Å².